The van der Waals surface area contributed by atoms with E-state index in [0.29, 0.717) is 16.4 Å². The number of sulfonamides is 1. The van der Waals surface area contributed by atoms with Crippen molar-refractivity contribution in [1.82, 2.24) is 14.9 Å². The molecule has 2 amide bonds. The summed E-state index contributed by atoms with van der Waals surface area (Å²) in [6.45, 7) is 7.88. The number of hydrogen-bond donors (Lipinski definition) is 2. The molecule has 10 heteroatoms. The highest BCUT2D eigenvalue weighted by atomic mass is 35.5. The summed E-state index contributed by atoms with van der Waals surface area (Å²) in [5.41, 5.74) is 2.74. The highest BCUT2D eigenvalue weighted by Gasteiger charge is 2.23. The second-order valence-electron chi connectivity index (χ2n) is 7.47. The molecule has 0 aliphatic carbocycles. The molecule has 0 aliphatic rings. The fraction of sp³-hybridized carbons (Fsp3) is 0.421. The number of anilines is 2. The molecular formula is C19H26ClN5O3S. The molecule has 0 saturated heterocycles. The van der Waals surface area contributed by atoms with E-state index in [1.165, 1.54) is 12.3 Å². The van der Waals surface area contributed by atoms with Crippen molar-refractivity contribution in [3.8, 4) is 0 Å². The topological polar surface area (TPSA) is 104 Å². The minimum absolute atomic E-state index is 0.0701. The third-order valence-corrected chi connectivity index (χ3v) is 5.71. The number of aromatic nitrogens is 2. The van der Waals surface area contributed by atoms with E-state index in [4.69, 9.17) is 11.6 Å². The van der Waals surface area contributed by atoms with Crippen LogP contribution in [0.1, 0.15) is 50.7 Å². The van der Waals surface area contributed by atoms with Crippen LogP contribution in [-0.4, -0.2) is 38.7 Å². The Morgan fingerprint density at radius 1 is 1.07 bits per heavy atom. The average molecular weight is 440 g/mol. The van der Waals surface area contributed by atoms with Gasteiger partial charge in [-0.3, -0.25) is 0 Å². The fourth-order valence-electron chi connectivity index (χ4n) is 2.73. The molecule has 8 nitrogen and oxygen atoms in total. The summed E-state index contributed by atoms with van der Waals surface area (Å²) >= 11 is 6.23. The summed E-state index contributed by atoms with van der Waals surface area (Å²) in [5.74, 6) is 0.140. The lowest BCUT2D eigenvalue weighted by Crippen LogP contribution is -2.35. The molecule has 0 unspecified atom stereocenters. The van der Waals surface area contributed by atoms with Crippen LogP contribution in [0.15, 0.2) is 29.4 Å². The van der Waals surface area contributed by atoms with E-state index >= 15 is 0 Å². The molecule has 1 heterocycles. The minimum Gasteiger partial charge on any atom is -0.376 e. The van der Waals surface area contributed by atoms with E-state index in [1.54, 1.807) is 31.1 Å². The zero-order valence-corrected chi connectivity index (χ0v) is 18.9. The summed E-state index contributed by atoms with van der Waals surface area (Å²) in [7, 11) is -0.708. The molecule has 1 aromatic heterocycles. The maximum absolute atomic E-state index is 12.6. The lowest BCUT2D eigenvalue weighted by atomic mass is 9.92. The third-order valence-electron chi connectivity index (χ3n) is 4.28. The van der Waals surface area contributed by atoms with Crippen LogP contribution in [0.5, 0.6) is 0 Å². The number of rotatable bonds is 6. The van der Waals surface area contributed by atoms with Gasteiger partial charge in [-0.25, -0.2) is 9.52 Å². The molecule has 0 bridgehead atoms. The van der Waals surface area contributed by atoms with Gasteiger partial charge in [0.15, 0.2) is 5.03 Å². The van der Waals surface area contributed by atoms with Crippen LogP contribution in [0, 0.1) is 0 Å². The van der Waals surface area contributed by atoms with Crippen molar-refractivity contribution < 1.29 is 13.2 Å². The number of hydrogen-bond acceptors (Lipinski definition) is 6. The molecule has 2 aromatic rings. The Bertz CT molecular complexity index is 978. The van der Waals surface area contributed by atoms with Gasteiger partial charge in [0.1, 0.15) is 0 Å². The lowest BCUT2D eigenvalue weighted by Gasteiger charge is -2.21. The number of halogens is 1. The van der Waals surface area contributed by atoms with E-state index < -0.39 is 16.1 Å². The predicted molar refractivity (Wildman–Crippen MR) is 115 cm³/mol. The first-order valence-electron chi connectivity index (χ1n) is 9.09. The van der Waals surface area contributed by atoms with Crippen LogP contribution >= 0.6 is 11.6 Å². The molecular weight excluding hydrogens is 414 g/mol. The first kappa shape index (κ1) is 22.9. The molecule has 2 N–H and O–H groups in total. The highest BCUT2D eigenvalue weighted by molar-refractivity contribution is 7.90. The van der Waals surface area contributed by atoms with Gasteiger partial charge in [-0.05, 0) is 35.1 Å². The predicted octanol–water partition coefficient (Wildman–Crippen LogP) is 3.95. The Morgan fingerprint density at radius 3 is 2.10 bits per heavy atom. The van der Waals surface area contributed by atoms with Crippen molar-refractivity contribution in [2.75, 3.05) is 24.3 Å². The standard InChI is InChI=1S/C19H26ClN5O3S/c1-11(2)15-7-13(20)8-16(12(3)4)18(15)22-19(26)24-29(27,28)17-9-14(25(5)6)10-21-23-17/h7-12H,1-6H3,(H2,22,24,26). The van der Waals surface area contributed by atoms with Crippen LogP contribution in [0.4, 0.5) is 16.2 Å². The highest BCUT2D eigenvalue weighted by Crippen LogP contribution is 2.35. The first-order valence-corrected chi connectivity index (χ1v) is 11.0. The van der Waals surface area contributed by atoms with Gasteiger partial charge in [0, 0.05) is 30.9 Å². The zero-order chi connectivity index (χ0) is 21.9. The third kappa shape index (κ3) is 5.57. The number of carbonyl (C=O) groups is 1. The summed E-state index contributed by atoms with van der Waals surface area (Å²) < 4.78 is 27.2. The van der Waals surface area contributed by atoms with Gasteiger partial charge in [-0.1, -0.05) is 39.3 Å². The van der Waals surface area contributed by atoms with Gasteiger partial charge in [-0.15, -0.1) is 5.10 Å². The molecule has 2 rings (SSSR count). The largest absolute Gasteiger partial charge is 0.376 e. The maximum atomic E-state index is 12.6. The molecule has 0 aliphatic heterocycles. The van der Waals surface area contributed by atoms with E-state index in [2.05, 4.69) is 15.5 Å². The number of benzene rings is 1. The van der Waals surface area contributed by atoms with E-state index in [9.17, 15) is 13.2 Å². The normalized spacial score (nSPS) is 11.6. The molecule has 1 aromatic carbocycles. The summed E-state index contributed by atoms with van der Waals surface area (Å²) in [5, 5.41) is 10.2. The molecule has 158 valence electrons. The molecule has 0 atom stereocenters. The summed E-state index contributed by atoms with van der Waals surface area (Å²) in [6.07, 6.45) is 1.43. The van der Waals surface area contributed by atoms with Crippen molar-refractivity contribution in [1.29, 1.82) is 0 Å². The Hall–Kier alpha value is -2.39. The fourth-order valence-corrected chi connectivity index (χ4v) is 3.80. The van der Waals surface area contributed by atoms with Gasteiger partial charge in [-0.2, -0.15) is 13.5 Å². The number of amides is 2. The first-order chi connectivity index (χ1) is 13.4. The Kier molecular flexibility index (Phi) is 7.07. The van der Waals surface area contributed by atoms with Crippen LogP contribution in [-0.2, 0) is 10.0 Å². The Balaban J connectivity index is 2.35. The van der Waals surface area contributed by atoms with Gasteiger partial charge in [0.25, 0.3) is 10.0 Å². The van der Waals surface area contributed by atoms with Gasteiger partial charge < -0.3 is 10.2 Å². The molecule has 29 heavy (non-hydrogen) atoms. The smallest absolute Gasteiger partial charge is 0.333 e. The van der Waals surface area contributed by atoms with Crippen LogP contribution in [0.3, 0.4) is 0 Å². The second kappa shape index (κ2) is 8.96. The molecule has 0 fully saturated rings. The monoisotopic (exact) mass is 439 g/mol. The van der Waals surface area contributed by atoms with Crippen molar-refractivity contribution in [3.63, 3.8) is 0 Å². The SMILES string of the molecule is CC(C)c1cc(Cl)cc(C(C)C)c1NC(=O)NS(=O)(=O)c1cc(N(C)C)cnn1. The van der Waals surface area contributed by atoms with Gasteiger partial charge >= 0.3 is 6.03 Å². The van der Waals surface area contributed by atoms with Crippen molar-refractivity contribution in [3.05, 3.63) is 40.5 Å². The van der Waals surface area contributed by atoms with Crippen molar-refractivity contribution in [2.24, 2.45) is 0 Å². The van der Waals surface area contributed by atoms with E-state index in [-0.39, 0.29) is 16.9 Å². The Labute approximate surface area is 176 Å². The minimum atomic E-state index is -4.20. The summed E-state index contributed by atoms with van der Waals surface area (Å²) in [4.78, 5) is 14.2. The maximum Gasteiger partial charge on any atom is 0.333 e. The average Bonchev–Trinajstić information content (AvgIpc) is 2.62. The van der Waals surface area contributed by atoms with E-state index in [1.807, 2.05) is 32.4 Å². The van der Waals surface area contributed by atoms with Crippen molar-refractivity contribution in [2.45, 2.75) is 44.6 Å². The molecule has 0 spiro atoms. The molecule has 0 radical (unpaired) electrons. The quantitative estimate of drug-likeness (QED) is 0.706. The van der Waals surface area contributed by atoms with Gasteiger partial charge in [0.2, 0.25) is 0 Å². The van der Waals surface area contributed by atoms with Crippen LogP contribution in [0.2, 0.25) is 5.02 Å². The Morgan fingerprint density at radius 2 is 1.62 bits per heavy atom. The second-order valence-corrected chi connectivity index (χ2v) is 9.54. The summed E-state index contributed by atoms with van der Waals surface area (Å²) in [6, 6.07) is 4.00. The van der Waals surface area contributed by atoms with Crippen LogP contribution < -0.4 is 14.9 Å². The molecule has 0 saturated carbocycles. The zero-order valence-electron chi connectivity index (χ0n) is 17.3. The number of nitrogens with zero attached hydrogens (tertiary/aromatic N) is 3. The lowest BCUT2D eigenvalue weighted by molar-refractivity contribution is 0.256. The van der Waals surface area contributed by atoms with Crippen LogP contribution in [0.25, 0.3) is 0 Å². The number of urea groups is 1. The van der Waals surface area contributed by atoms with Gasteiger partial charge in [0.05, 0.1) is 11.9 Å². The van der Waals surface area contributed by atoms with Crippen molar-refractivity contribution >= 4 is 39.0 Å². The number of carbonyl (C=O) groups excluding carboxylic acids is 1. The van der Waals surface area contributed by atoms with E-state index in [0.717, 1.165) is 11.1 Å². The number of nitrogens with one attached hydrogen (secondary N) is 2.